The number of carboxylic acid groups (broad SMARTS) is 1. The lowest BCUT2D eigenvalue weighted by molar-refractivity contribution is 0.0697. The van der Waals surface area contributed by atoms with Gasteiger partial charge < -0.3 is 10.4 Å². The number of aromatic carboxylic acids is 1. The molecule has 0 radical (unpaired) electrons. The van der Waals surface area contributed by atoms with Crippen LogP contribution in [0.5, 0.6) is 0 Å². The van der Waals surface area contributed by atoms with Crippen molar-refractivity contribution in [3.05, 3.63) is 35.4 Å². The summed E-state index contributed by atoms with van der Waals surface area (Å²) in [5.74, 6) is -1.25. The molecular formula is C14H21NO3. The lowest BCUT2D eigenvalue weighted by Crippen LogP contribution is -2.24. The Labute approximate surface area is 108 Å². The number of hydrogen-bond donors (Lipinski definition) is 2. The highest BCUT2D eigenvalue weighted by Gasteiger charge is 2.08. The Bertz CT molecular complexity index is 388. The van der Waals surface area contributed by atoms with Crippen LogP contribution in [0.15, 0.2) is 24.3 Å². The van der Waals surface area contributed by atoms with Crippen LogP contribution in [0, 0.1) is 0 Å². The smallest absolute Gasteiger partial charge is 0.335 e. The van der Waals surface area contributed by atoms with Gasteiger partial charge in [-0.05, 0) is 24.6 Å². The third kappa shape index (κ3) is 5.48. The van der Waals surface area contributed by atoms with Crippen molar-refractivity contribution in [2.24, 2.45) is 0 Å². The molecule has 100 valence electrons. The molecule has 0 spiro atoms. The molecule has 2 N–H and O–H groups in total. The number of unbranched alkanes of at least 4 members (excludes halogenated alkanes) is 1. The molecule has 0 heterocycles. The fourth-order valence-electron chi connectivity index (χ4n) is 1.27. The molecule has 1 aromatic rings. The number of benzene rings is 1. The van der Waals surface area contributed by atoms with Gasteiger partial charge in [0.15, 0.2) is 0 Å². The first-order valence-electron chi connectivity index (χ1n) is 6.26. The molecule has 0 aliphatic rings. The molecule has 1 rings (SSSR count). The van der Waals surface area contributed by atoms with Gasteiger partial charge in [-0.25, -0.2) is 4.79 Å². The molecule has 18 heavy (non-hydrogen) atoms. The first kappa shape index (κ1) is 16.2. The summed E-state index contributed by atoms with van der Waals surface area (Å²) in [6, 6.07) is 6.01. The van der Waals surface area contributed by atoms with Crippen LogP contribution in [-0.4, -0.2) is 23.5 Å². The average molecular weight is 251 g/mol. The number of carbonyl (C=O) groups excluding carboxylic acids is 1. The Morgan fingerprint density at radius 2 is 1.83 bits per heavy atom. The largest absolute Gasteiger partial charge is 0.478 e. The third-order valence-corrected chi connectivity index (χ3v) is 2.19. The van der Waals surface area contributed by atoms with Crippen LogP contribution in [0.25, 0.3) is 0 Å². The fraction of sp³-hybridized carbons (Fsp3) is 0.429. The van der Waals surface area contributed by atoms with Crippen LogP contribution in [0.3, 0.4) is 0 Å². The molecular weight excluding hydrogens is 230 g/mol. The molecule has 0 bridgehead atoms. The summed E-state index contributed by atoms with van der Waals surface area (Å²) >= 11 is 0. The summed E-state index contributed by atoms with van der Waals surface area (Å²) in [6.45, 7) is 6.66. The molecule has 0 saturated heterocycles. The van der Waals surface area contributed by atoms with E-state index in [0.29, 0.717) is 12.1 Å². The maximum atomic E-state index is 11.6. The van der Waals surface area contributed by atoms with Crippen molar-refractivity contribution in [2.75, 3.05) is 6.54 Å². The van der Waals surface area contributed by atoms with E-state index < -0.39 is 5.97 Å². The number of hydrogen-bond acceptors (Lipinski definition) is 2. The van der Waals surface area contributed by atoms with Gasteiger partial charge in [0.2, 0.25) is 0 Å². The Kier molecular flexibility index (Phi) is 8.27. The number of carbonyl (C=O) groups is 2. The summed E-state index contributed by atoms with van der Waals surface area (Å²) in [7, 11) is 0. The van der Waals surface area contributed by atoms with Gasteiger partial charge in [0.1, 0.15) is 0 Å². The molecule has 0 aromatic heterocycles. The second-order valence-electron chi connectivity index (χ2n) is 3.50. The number of amides is 1. The Hall–Kier alpha value is -1.84. The minimum Gasteiger partial charge on any atom is -0.478 e. The molecule has 1 aromatic carbocycles. The van der Waals surface area contributed by atoms with Gasteiger partial charge in [0.25, 0.3) is 5.91 Å². The minimum atomic E-state index is -1.02. The van der Waals surface area contributed by atoms with Crippen molar-refractivity contribution < 1.29 is 14.7 Å². The van der Waals surface area contributed by atoms with Gasteiger partial charge in [0, 0.05) is 12.1 Å². The van der Waals surface area contributed by atoms with E-state index >= 15 is 0 Å². The lowest BCUT2D eigenvalue weighted by atomic mass is 10.1. The van der Waals surface area contributed by atoms with Gasteiger partial charge >= 0.3 is 5.97 Å². The van der Waals surface area contributed by atoms with Crippen molar-refractivity contribution in [3.8, 4) is 0 Å². The summed E-state index contributed by atoms with van der Waals surface area (Å²) in [4.78, 5) is 22.3. The SMILES string of the molecule is CC.CCCCNC(=O)c1cccc(C(=O)O)c1. The van der Waals surface area contributed by atoms with Crippen molar-refractivity contribution in [3.63, 3.8) is 0 Å². The summed E-state index contributed by atoms with van der Waals surface area (Å²) in [5, 5.41) is 11.5. The quantitative estimate of drug-likeness (QED) is 0.791. The van der Waals surface area contributed by atoms with Crippen LogP contribution in [0.2, 0.25) is 0 Å². The summed E-state index contributed by atoms with van der Waals surface area (Å²) in [6.07, 6.45) is 1.93. The predicted molar refractivity (Wildman–Crippen MR) is 72.0 cm³/mol. The Balaban J connectivity index is 0.00000137. The van der Waals surface area contributed by atoms with Crippen molar-refractivity contribution in [2.45, 2.75) is 33.6 Å². The molecule has 0 aliphatic carbocycles. The molecule has 0 atom stereocenters. The Morgan fingerprint density at radius 1 is 1.22 bits per heavy atom. The van der Waals surface area contributed by atoms with E-state index in [1.54, 1.807) is 12.1 Å². The van der Waals surface area contributed by atoms with E-state index in [-0.39, 0.29) is 11.5 Å². The normalized spacial score (nSPS) is 9.06. The van der Waals surface area contributed by atoms with E-state index in [4.69, 9.17) is 5.11 Å². The topological polar surface area (TPSA) is 66.4 Å². The van der Waals surface area contributed by atoms with Gasteiger partial charge in [-0.2, -0.15) is 0 Å². The van der Waals surface area contributed by atoms with Crippen LogP contribution in [-0.2, 0) is 0 Å². The van der Waals surface area contributed by atoms with Crippen LogP contribution in [0.4, 0.5) is 0 Å². The van der Waals surface area contributed by atoms with Gasteiger partial charge in [-0.1, -0.05) is 33.3 Å². The molecule has 0 saturated carbocycles. The zero-order valence-electron chi connectivity index (χ0n) is 11.2. The first-order valence-corrected chi connectivity index (χ1v) is 6.26. The molecule has 0 fully saturated rings. The zero-order chi connectivity index (χ0) is 14.0. The fourth-order valence-corrected chi connectivity index (χ4v) is 1.27. The van der Waals surface area contributed by atoms with Crippen molar-refractivity contribution >= 4 is 11.9 Å². The third-order valence-electron chi connectivity index (χ3n) is 2.19. The minimum absolute atomic E-state index is 0.128. The van der Waals surface area contributed by atoms with E-state index in [1.165, 1.54) is 12.1 Å². The standard InChI is InChI=1S/C12H15NO3.C2H6/c1-2-3-7-13-11(14)9-5-4-6-10(8-9)12(15)16;1-2/h4-6,8H,2-3,7H2,1H3,(H,13,14)(H,15,16);1-2H3. The second-order valence-corrected chi connectivity index (χ2v) is 3.50. The number of rotatable bonds is 5. The van der Waals surface area contributed by atoms with Gasteiger partial charge in [-0.3, -0.25) is 4.79 Å². The van der Waals surface area contributed by atoms with E-state index in [2.05, 4.69) is 5.32 Å². The second kappa shape index (κ2) is 9.22. The first-order chi connectivity index (χ1) is 8.65. The lowest BCUT2D eigenvalue weighted by Gasteiger charge is -2.04. The van der Waals surface area contributed by atoms with Crippen LogP contribution < -0.4 is 5.32 Å². The van der Waals surface area contributed by atoms with Crippen LogP contribution >= 0.6 is 0 Å². The van der Waals surface area contributed by atoms with Gasteiger partial charge in [-0.15, -0.1) is 0 Å². The molecule has 4 nitrogen and oxygen atoms in total. The van der Waals surface area contributed by atoms with Crippen molar-refractivity contribution in [1.82, 2.24) is 5.32 Å². The maximum absolute atomic E-state index is 11.6. The van der Waals surface area contributed by atoms with E-state index in [1.807, 2.05) is 20.8 Å². The molecule has 1 amide bonds. The monoisotopic (exact) mass is 251 g/mol. The number of nitrogens with one attached hydrogen (secondary N) is 1. The predicted octanol–water partition coefficient (Wildman–Crippen LogP) is 2.94. The molecule has 4 heteroatoms. The summed E-state index contributed by atoms with van der Waals surface area (Å²) < 4.78 is 0. The molecule has 0 unspecified atom stereocenters. The van der Waals surface area contributed by atoms with E-state index in [9.17, 15) is 9.59 Å². The number of carboxylic acids is 1. The average Bonchev–Trinajstić information content (AvgIpc) is 2.41. The van der Waals surface area contributed by atoms with Crippen LogP contribution in [0.1, 0.15) is 54.3 Å². The zero-order valence-corrected chi connectivity index (χ0v) is 11.2. The molecule has 0 aliphatic heterocycles. The van der Waals surface area contributed by atoms with Gasteiger partial charge in [0.05, 0.1) is 5.56 Å². The van der Waals surface area contributed by atoms with E-state index in [0.717, 1.165) is 12.8 Å². The highest BCUT2D eigenvalue weighted by atomic mass is 16.4. The highest BCUT2D eigenvalue weighted by Crippen LogP contribution is 2.05. The summed E-state index contributed by atoms with van der Waals surface area (Å²) in [5.41, 5.74) is 0.513. The Morgan fingerprint density at radius 3 is 2.39 bits per heavy atom. The highest BCUT2D eigenvalue weighted by molar-refractivity contribution is 5.97. The maximum Gasteiger partial charge on any atom is 0.335 e. The van der Waals surface area contributed by atoms with Crippen molar-refractivity contribution in [1.29, 1.82) is 0 Å².